The van der Waals surface area contributed by atoms with Crippen LogP contribution in [0.15, 0.2) is 35.3 Å². The molecular weight excluding hydrogens is 506 g/mol. The number of nitrogens with zero attached hydrogens (tertiary/aromatic N) is 3. The zero-order valence-corrected chi connectivity index (χ0v) is 22.2. The first-order chi connectivity index (χ1) is 18.4. The lowest BCUT2D eigenvalue weighted by Gasteiger charge is -2.15. The number of fused-ring (bicyclic) bond motifs is 3. The lowest BCUT2D eigenvalue weighted by molar-refractivity contribution is 0.0601. The van der Waals surface area contributed by atoms with Crippen LogP contribution >= 0.6 is 11.3 Å². The number of pyridine rings is 2. The number of ether oxygens (including phenoxy) is 2. The molecule has 4 heterocycles. The van der Waals surface area contributed by atoms with Crippen molar-refractivity contribution in [2.45, 2.75) is 45.6 Å². The molecule has 1 aliphatic carbocycles. The van der Waals surface area contributed by atoms with Crippen molar-refractivity contribution < 1.29 is 19.1 Å². The van der Waals surface area contributed by atoms with Gasteiger partial charge in [0.2, 0.25) is 0 Å². The van der Waals surface area contributed by atoms with Crippen LogP contribution < -0.4 is 16.4 Å². The highest BCUT2D eigenvalue weighted by Crippen LogP contribution is 2.38. The Balaban J connectivity index is 1.63. The van der Waals surface area contributed by atoms with E-state index in [4.69, 9.17) is 14.9 Å². The second-order valence-electron chi connectivity index (χ2n) is 9.05. The summed E-state index contributed by atoms with van der Waals surface area (Å²) in [4.78, 5) is 45.4. The molecule has 0 atom stereocenters. The molecule has 0 spiro atoms. The zero-order chi connectivity index (χ0) is 26.8. The molecule has 198 valence electrons. The van der Waals surface area contributed by atoms with E-state index in [1.54, 1.807) is 29.0 Å². The highest BCUT2D eigenvalue weighted by atomic mass is 32.1. The number of amides is 1. The molecule has 4 aromatic rings. The van der Waals surface area contributed by atoms with Gasteiger partial charge in [-0.15, -0.1) is 11.3 Å². The fraction of sp³-hybridized carbons (Fsp3) is 0.370. The summed E-state index contributed by atoms with van der Waals surface area (Å²) >= 11 is 1.37. The van der Waals surface area contributed by atoms with Gasteiger partial charge in [0.25, 0.3) is 11.5 Å². The molecule has 0 bridgehead atoms. The molecule has 38 heavy (non-hydrogen) atoms. The second-order valence-corrected chi connectivity index (χ2v) is 10.2. The Morgan fingerprint density at radius 3 is 2.84 bits per heavy atom. The van der Waals surface area contributed by atoms with Crippen molar-refractivity contribution >= 4 is 44.9 Å². The van der Waals surface area contributed by atoms with E-state index in [0.717, 1.165) is 36.1 Å². The van der Waals surface area contributed by atoms with Crippen molar-refractivity contribution in [3.8, 4) is 0 Å². The minimum absolute atomic E-state index is 0.0193. The highest BCUT2D eigenvalue weighted by molar-refractivity contribution is 7.17. The summed E-state index contributed by atoms with van der Waals surface area (Å²) in [5.41, 5.74) is 1.71. The molecule has 0 aromatic carbocycles. The number of esters is 1. The molecule has 4 aromatic heterocycles. The minimum atomic E-state index is -0.572. The van der Waals surface area contributed by atoms with E-state index in [9.17, 15) is 14.4 Å². The molecule has 5 rings (SSSR count). The number of nitrogens with one attached hydrogen (secondary N) is 2. The van der Waals surface area contributed by atoms with E-state index in [2.05, 4.69) is 10.3 Å². The van der Waals surface area contributed by atoms with Gasteiger partial charge in [-0.2, -0.15) is 0 Å². The third-order valence-corrected chi connectivity index (χ3v) is 7.93. The first-order valence-electron chi connectivity index (χ1n) is 12.7. The Morgan fingerprint density at radius 1 is 1.24 bits per heavy atom. The van der Waals surface area contributed by atoms with Crippen molar-refractivity contribution in [3.05, 3.63) is 67.9 Å². The standard InChI is InChI=1S/C27H29N5O5S/c1-3-37-14-8-13-32-22(28)17(15-18-23(32)29-20-11-6-7-12-31(20)26(18)34)24(33)30-25-21(27(35)36-2)16-9-4-5-10-19(16)38-25/h6-7,11-12,15,28H,3-5,8-10,13-14H2,1-2H3,(H,30,33). The van der Waals surface area contributed by atoms with Crippen LogP contribution in [0.1, 0.15) is 57.3 Å². The van der Waals surface area contributed by atoms with Crippen molar-refractivity contribution in [1.29, 1.82) is 5.41 Å². The number of carbonyl (C=O) groups is 2. The molecule has 0 saturated heterocycles. The van der Waals surface area contributed by atoms with Gasteiger partial charge in [-0.1, -0.05) is 6.07 Å². The fourth-order valence-corrected chi connectivity index (χ4v) is 6.16. The predicted octanol–water partition coefficient (Wildman–Crippen LogP) is 3.53. The highest BCUT2D eigenvalue weighted by Gasteiger charge is 2.28. The summed E-state index contributed by atoms with van der Waals surface area (Å²) in [6, 6.07) is 6.67. The van der Waals surface area contributed by atoms with E-state index in [1.807, 2.05) is 6.92 Å². The molecule has 2 N–H and O–H groups in total. The van der Waals surface area contributed by atoms with Gasteiger partial charge in [0.1, 0.15) is 21.8 Å². The van der Waals surface area contributed by atoms with Crippen LogP contribution in [-0.2, 0) is 28.9 Å². The van der Waals surface area contributed by atoms with Crippen LogP contribution in [0.2, 0.25) is 0 Å². The lowest BCUT2D eigenvalue weighted by atomic mass is 9.95. The maximum Gasteiger partial charge on any atom is 0.341 e. The van der Waals surface area contributed by atoms with Gasteiger partial charge in [0.05, 0.1) is 23.6 Å². The number of methoxy groups -OCH3 is 1. The number of aromatic nitrogens is 3. The van der Waals surface area contributed by atoms with Crippen LogP contribution in [0.25, 0.3) is 16.7 Å². The van der Waals surface area contributed by atoms with E-state index in [-0.39, 0.29) is 22.0 Å². The lowest BCUT2D eigenvalue weighted by Crippen LogP contribution is -2.32. The summed E-state index contributed by atoms with van der Waals surface area (Å²) in [6.07, 6.45) is 5.78. The number of carbonyl (C=O) groups excluding carboxylic acids is 2. The van der Waals surface area contributed by atoms with Gasteiger partial charge >= 0.3 is 5.97 Å². The number of aryl methyl sites for hydroxylation is 2. The molecule has 0 fully saturated rings. The number of hydrogen-bond acceptors (Lipinski definition) is 8. The first kappa shape index (κ1) is 25.8. The van der Waals surface area contributed by atoms with E-state index < -0.39 is 11.9 Å². The van der Waals surface area contributed by atoms with Gasteiger partial charge < -0.3 is 19.4 Å². The Labute approximate surface area is 222 Å². The summed E-state index contributed by atoms with van der Waals surface area (Å²) in [6.45, 7) is 3.28. The minimum Gasteiger partial charge on any atom is -0.465 e. The van der Waals surface area contributed by atoms with Gasteiger partial charge in [-0.3, -0.25) is 19.4 Å². The van der Waals surface area contributed by atoms with Crippen molar-refractivity contribution in [2.24, 2.45) is 0 Å². The fourth-order valence-electron chi connectivity index (χ4n) is 4.89. The normalized spacial score (nSPS) is 13.0. The number of anilines is 1. The van der Waals surface area contributed by atoms with Gasteiger partial charge in [0, 0.05) is 30.8 Å². The molecule has 0 radical (unpaired) electrons. The maximum atomic E-state index is 13.6. The second kappa shape index (κ2) is 10.9. The maximum absolute atomic E-state index is 13.6. The smallest absolute Gasteiger partial charge is 0.341 e. The predicted molar refractivity (Wildman–Crippen MR) is 144 cm³/mol. The van der Waals surface area contributed by atoms with E-state index in [1.165, 1.54) is 28.9 Å². The van der Waals surface area contributed by atoms with Crippen molar-refractivity contribution in [3.63, 3.8) is 0 Å². The Kier molecular flexibility index (Phi) is 7.39. The van der Waals surface area contributed by atoms with Crippen LogP contribution in [0, 0.1) is 5.41 Å². The van der Waals surface area contributed by atoms with Gasteiger partial charge in [-0.05, 0) is 62.8 Å². The van der Waals surface area contributed by atoms with Crippen LogP contribution in [0.5, 0.6) is 0 Å². The monoisotopic (exact) mass is 535 g/mol. The summed E-state index contributed by atoms with van der Waals surface area (Å²) < 4.78 is 13.5. The van der Waals surface area contributed by atoms with E-state index >= 15 is 0 Å². The van der Waals surface area contributed by atoms with Crippen LogP contribution in [0.3, 0.4) is 0 Å². The molecular formula is C27H29N5O5S. The van der Waals surface area contributed by atoms with Crippen LogP contribution in [-0.4, -0.2) is 46.2 Å². The molecule has 11 heteroatoms. The Morgan fingerprint density at radius 2 is 2.05 bits per heavy atom. The summed E-state index contributed by atoms with van der Waals surface area (Å²) in [7, 11) is 1.32. The van der Waals surface area contributed by atoms with E-state index in [0.29, 0.717) is 48.0 Å². The quantitative estimate of drug-likeness (QED) is 0.202. The topological polar surface area (TPSA) is 128 Å². The molecule has 10 nitrogen and oxygen atoms in total. The van der Waals surface area contributed by atoms with Gasteiger partial charge in [0.15, 0.2) is 0 Å². The molecule has 0 saturated carbocycles. The Hall–Kier alpha value is -3.83. The number of hydrogen-bond donors (Lipinski definition) is 2. The summed E-state index contributed by atoms with van der Waals surface area (Å²) in [5.74, 6) is -1.07. The summed E-state index contributed by atoms with van der Waals surface area (Å²) in [5, 5.41) is 12.4. The Bertz CT molecular complexity index is 1670. The molecule has 0 unspecified atom stereocenters. The SMILES string of the molecule is CCOCCCn1c(=N)c(C(=O)Nc2sc3c(c2C(=O)OC)CCCC3)cc2c(=O)n3ccccc3nc21. The molecule has 1 amide bonds. The first-order valence-corrected chi connectivity index (χ1v) is 13.5. The largest absolute Gasteiger partial charge is 0.465 e. The third-order valence-electron chi connectivity index (χ3n) is 6.73. The van der Waals surface area contributed by atoms with Crippen molar-refractivity contribution in [2.75, 3.05) is 25.6 Å². The van der Waals surface area contributed by atoms with Crippen LogP contribution in [0.4, 0.5) is 5.00 Å². The number of rotatable bonds is 8. The molecule has 1 aliphatic rings. The molecule has 0 aliphatic heterocycles. The van der Waals surface area contributed by atoms with Gasteiger partial charge in [-0.25, -0.2) is 9.78 Å². The van der Waals surface area contributed by atoms with Crippen molar-refractivity contribution in [1.82, 2.24) is 14.0 Å². The zero-order valence-electron chi connectivity index (χ0n) is 21.3. The average molecular weight is 536 g/mol. The third kappa shape index (κ3) is 4.63. The average Bonchev–Trinajstić information content (AvgIpc) is 3.29. The number of thiophene rings is 1.